The van der Waals surface area contributed by atoms with Crippen molar-refractivity contribution in [2.45, 2.75) is 38.4 Å². The molecule has 0 aromatic heterocycles. The van der Waals surface area contributed by atoms with Gasteiger partial charge in [-0.15, -0.1) is 11.6 Å². The van der Waals surface area contributed by atoms with Gasteiger partial charge >= 0.3 is 18.1 Å². The van der Waals surface area contributed by atoms with Gasteiger partial charge in [0.05, 0.1) is 12.2 Å². The topological polar surface area (TPSA) is 82.1 Å². The molecule has 170 valence electrons. The van der Waals surface area contributed by atoms with Crippen LogP contribution < -0.4 is 9.47 Å². The summed E-state index contributed by atoms with van der Waals surface area (Å²) in [4.78, 5) is 21.1. The molecule has 0 aliphatic rings. The largest absolute Gasteiger partial charge is 0.479 e. The van der Waals surface area contributed by atoms with E-state index in [-0.39, 0.29) is 11.7 Å². The molecule has 0 aliphatic carbocycles. The molecule has 31 heavy (non-hydrogen) atoms. The normalized spacial score (nSPS) is 12.6. The number of esters is 1. The van der Waals surface area contributed by atoms with E-state index in [2.05, 4.69) is 4.74 Å². The van der Waals surface area contributed by atoms with Gasteiger partial charge in [-0.05, 0) is 69.3 Å². The average Bonchev–Trinajstić information content (AvgIpc) is 2.69. The monoisotopic (exact) mass is 462 g/mol. The Morgan fingerprint density at radius 2 is 1.42 bits per heavy atom. The highest BCUT2D eigenvalue weighted by Gasteiger charge is 2.30. The van der Waals surface area contributed by atoms with Crippen molar-refractivity contribution in [3.63, 3.8) is 0 Å². The second kappa shape index (κ2) is 12.0. The van der Waals surface area contributed by atoms with Crippen LogP contribution in [0.3, 0.4) is 0 Å². The number of ether oxygens (including phenoxy) is 3. The van der Waals surface area contributed by atoms with Gasteiger partial charge in [-0.3, -0.25) is 4.79 Å². The van der Waals surface area contributed by atoms with E-state index in [9.17, 15) is 22.8 Å². The minimum Gasteiger partial charge on any atom is -0.479 e. The molecular formula is C21H22ClF3O6. The summed E-state index contributed by atoms with van der Waals surface area (Å²) >= 11 is 5.33. The second-order valence-corrected chi connectivity index (χ2v) is 6.72. The van der Waals surface area contributed by atoms with E-state index in [0.29, 0.717) is 18.1 Å². The molecule has 0 spiro atoms. The summed E-state index contributed by atoms with van der Waals surface area (Å²) in [5.74, 6) is -0.449. The predicted octanol–water partition coefficient (Wildman–Crippen LogP) is 5.53. The molecule has 2 rings (SSSR count). The highest BCUT2D eigenvalue weighted by molar-refractivity contribution is 6.29. The van der Waals surface area contributed by atoms with Crippen molar-refractivity contribution in [2.75, 3.05) is 6.61 Å². The van der Waals surface area contributed by atoms with Crippen molar-refractivity contribution in [2.24, 2.45) is 0 Å². The van der Waals surface area contributed by atoms with Crippen LogP contribution >= 0.6 is 11.6 Å². The van der Waals surface area contributed by atoms with E-state index in [1.807, 2.05) is 0 Å². The van der Waals surface area contributed by atoms with Crippen LogP contribution in [0.4, 0.5) is 13.2 Å². The SMILES string of the molecule is CC(Oc1ccc(Oc2ccc(C(F)(F)F)cc2)cc1)C(=O)O.CCOC(=O)C(C)Cl. The van der Waals surface area contributed by atoms with Crippen LogP contribution in [0.5, 0.6) is 17.2 Å². The van der Waals surface area contributed by atoms with Gasteiger partial charge in [0.1, 0.15) is 22.6 Å². The van der Waals surface area contributed by atoms with Gasteiger partial charge in [0.15, 0.2) is 6.10 Å². The zero-order valence-corrected chi connectivity index (χ0v) is 17.7. The molecule has 2 aromatic rings. The molecule has 0 radical (unpaired) electrons. The van der Waals surface area contributed by atoms with Gasteiger partial charge in [0.2, 0.25) is 0 Å². The zero-order valence-electron chi connectivity index (χ0n) is 17.0. The molecule has 1 N–H and O–H groups in total. The van der Waals surface area contributed by atoms with Crippen LogP contribution in [0.1, 0.15) is 26.3 Å². The molecule has 0 saturated carbocycles. The van der Waals surface area contributed by atoms with Crippen LogP contribution in [0.25, 0.3) is 0 Å². The third kappa shape index (κ3) is 9.61. The Kier molecular flexibility index (Phi) is 10.1. The number of carbonyl (C=O) groups is 2. The zero-order chi connectivity index (χ0) is 23.6. The number of benzene rings is 2. The maximum Gasteiger partial charge on any atom is 0.416 e. The minimum absolute atomic E-state index is 0.255. The quantitative estimate of drug-likeness (QED) is 0.430. The summed E-state index contributed by atoms with van der Waals surface area (Å²) in [6, 6.07) is 10.4. The van der Waals surface area contributed by atoms with E-state index in [0.717, 1.165) is 12.1 Å². The highest BCUT2D eigenvalue weighted by Crippen LogP contribution is 2.31. The molecule has 2 aromatic carbocycles. The van der Waals surface area contributed by atoms with Crippen molar-refractivity contribution in [3.05, 3.63) is 54.1 Å². The first-order chi connectivity index (χ1) is 14.4. The van der Waals surface area contributed by atoms with Crippen LogP contribution in [-0.2, 0) is 20.5 Å². The van der Waals surface area contributed by atoms with E-state index >= 15 is 0 Å². The van der Waals surface area contributed by atoms with Gasteiger partial charge in [0.25, 0.3) is 0 Å². The number of rotatable bonds is 7. The van der Waals surface area contributed by atoms with Gasteiger partial charge in [-0.1, -0.05) is 0 Å². The van der Waals surface area contributed by atoms with E-state index in [4.69, 9.17) is 26.2 Å². The minimum atomic E-state index is -4.39. The fourth-order valence-corrected chi connectivity index (χ4v) is 2.01. The number of carboxylic acid groups (broad SMARTS) is 1. The Bertz CT molecular complexity index is 836. The second-order valence-electron chi connectivity index (χ2n) is 6.06. The van der Waals surface area contributed by atoms with Crippen LogP contribution in [0.15, 0.2) is 48.5 Å². The lowest BCUT2D eigenvalue weighted by Crippen LogP contribution is -2.22. The summed E-state index contributed by atoms with van der Waals surface area (Å²) in [6.45, 7) is 5.13. The van der Waals surface area contributed by atoms with Gasteiger partial charge in [0, 0.05) is 0 Å². The Hall–Kier alpha value is -2.94. The first kappa shape index (κ1) is 26.1. The lowest BCUT2D eigenvalue weighted by Gasteiger charge is -2.11. The molecule has 2 unspecified atom stereocenters. The van der Waals surface area contributed by atoms with Gasteiger partial charge in [-0.25, -0.2) is 4.79 Å². The van der Waals surface area contributed by atoms with Crippen molar-refractivity contribution in [1.29, 1.82) is 0 Å². The lowest BCUT2D eigenvalue weighted by atomic mass is 10.2. The molecule has 10 heteroatoms. The van der Waals surface area contributed by atoms with Crippen molar-refractivity contribution in [1.82, 2.24) is 0 Å². The number of hydrogen-bond donors (Lipinski definition) is 1. The number of hydrogen-bond acceptors (Lipinski definition) is 5. The first-order valence-electron chi connectivity index (χ1n) is 9.09. The highest BCUT2D eigenvalue weighted by atomic mass is 35.5. The van der Waals surface area contributed by atoms with Crippen LogP contribution in [-0.4, -0.2) is 35.1 Å². The molecule has 6 nitrogen and oxygen atoms in total. The standard InChI is InChI=1S/C16H13F3O4.C5H9ClO2/c1-10(15(20)21)22-12-6-8-14(9-7-12)23-13-4-2-11(3-5-13)16(17,18)19;1-3-8-5(7)4(2)6/h2-10H,1H3,(H,20,21);4H,3H2,1-2H3. The van der Waals surface area contributed by atoms with Gasteiger partial charge < -0.3 is 19.3 Å². The third-order valence-corrected chi connectivity index (χ3v) is 3.69. The summed E-state index contributed by atoms with van der Waals surface area (Å²) in [7, 11) is 0. The number of halogens is 4. The molecular weight excluding hydrogens is 441 g/mol. The summed E-state index contributed by atoms with van der Waals surface area (Å²) in [5, 5.41) is 8.22. The van der Waals surface area contributed by atoms with Gasteiger partial charge in [-0.2, -0.15) is 13.2 Å². The molecule has 0 heterocycles. The van der Waals surface area contributed by atoms with Crippen LogP contribution in [0, 0.1) is 0 Å². The first-order valence-corrected chi connectivity index (χ1v) is 9.53. The molecule has 2 atom stereocenters. The third-order valence-electron chi connectivity index (χ3n) is 3.51. The molecule has 0 amide bonds. The lowest BCUT2D eigenvalue weighted by molar-refractivity contribution is -0.144. The fourth-order valence-electron chi connectivity index (χ4n) is 1.95. The van der Waals surface area contributed by atoms with Crippen molar-refractivity contribution >= 4 is 23.5 Å². The Balaban J connectivity index is 0.000000512. The summed E-state index contributed by atoms with van der Waals surface area (Å²) < 4.78 is 52.5. The maximum absolute atomic E-state index is 12.5. The summed E-state index contributed by atoms with van der Waals surface area (Å²) in [5.41, 5.74) is -0.753. The molecule has 0 aliphatic heterocycles. The summed E-state index contributed by atoms with van der Waals surface area (Å²) in [6.07, 6.45) is -5.38. The average molecular weight is 463 g/mol. The molecule has 0 saturated heterocycles. The maximum atomic E-state index is 12.5. The van der Waals surface area contributed by atoms with E-state index < -0.39 is 29.2 Å². The van der Waals surface area contributed by atoms with Crippen molar-refractivity contribution < 1.29 is 42.1 Å². The Labute approximate surface area is 182 Å². The van der Waals surface area contributed by atoms with Crippen LogP contribution in [0.2, 0.25) is 0 Å². The Morgan fingerprint density at radius 1 is 0.968 bits per heavy atom. The fraction of sp³-hybridized carbons (Fsp3) is 0.333. The van der Waals surface area contributed by atoms with E-state index in [1.54, 1.807) is 13.8 Å². The Morgan fingerprint density at radius 3 is 1.77 bits per heavy atom. The number of alkyl halides is 4. The smallest absolute Gasteiger partial charge is 0.416 e. The number of carbonyl (C=O) groups excluding carboxylic acids is 1. The molecule has 0 bridgehead atoms. The molecule has 0 fully saturated rings. The number of carboxylic acids is 1. The predicted molar refractivity (Wildman–Crippen MR) is 108 cm³/mol. The van der Waals surface area contributed by atoms with E-state index in [1.165, 1.54) is 43.3 Å². The number of aliphatic carboxylic acids is 1. The van der Waals surface area contributed by atoms with Crippen molar-refractivity contribution in [3.8, 4) is 17.2 Å².